The lowest BCUT2D eigenvalue weighted by atomic mass is 10.0. The molecule has 0 radical (unpaired) electrons. The second-order valence-corrected chi connectivity index (χ2v) is 10.4. The Morgan fingerprint density at radius 3 is 1.24 bits per heavy atom. The van der Waals surface area contributed by atoms with Gasteiger partial charge in [-0.3, -0.25) is 0 Å². The number of hydrogen-bond acceptors (Lipinski definition) is 0. The number of hydrogen-bond donors (Lipinski definition) is 0. The quantitative estimate of drug-likeness (QED) is 0.117. The molecule has 0 aliphatic rings. The molecule has 0 atom stereocenters. The van der Waals surface area contributed by atoms with Gasteiger partial charge in [-0.05, 0) is 32.3 Å². The van der Waals surface area contributed by atoms with Crippen LogP contribution in [0.2, 0.25) is 0 Å². The number of rotatable bonds is 19. The van der Waals surface area contributed by atoms with Crippen molar-refractivity contribution in [1.29, 1.82) is 0 Å². The van der Waals surface area contributed by atoms with Crippen LogP contribution in [0.25, 0.3) is 0 Å². The summed E-state index contributed by atoms with van der Waals surface area (Å²) >= 11 is 0. The Balaban J connectivity index is 0. The zero-order valence-electron chi connectivity index (χ0n) is 17.7. The zero-order chi connectivity index (χ0) is 17.7. The maximum atomic E-state index is 2.41. The predicted octanol–water partition coefficient (Wildman–Crippen LogP) is 9.36. The van der Waals surface area contributed by atoms with Crippen LogP contribution in [0, 0.1) is 0 Å². The fourth-order valence-electron chi connectivity index (χ4n) is 3.21. The van der Waals surface area contributed by atoms with Gasteiger partial charge in [0.15, 0.2) is 0 Å². The van der Waals surface area contributed by atoms with Gasteiger partial charge in [-0.1, -0.05) is 115 Å². The maximum Gasteiger partial charge on any atom is -0.0150 e. The van der Waals surface area contributed by atoms with E-state index in [2.05, 4.69) is 32.4 Å². The average Bonchev–Trinajstić information content (AvgIpc) is 2.56. The molecular formula is C23H48ClP. The summed E-state index contributed by atoms with van der Waals surface area (Å²) in [7, 11) is 0.268. The molecule has 0 rings (SSSR count). The van der Waals surface area contributed by atoms with Crippen LogP contribution in [-0.2, 0) is 0 Å². The smallest absolute Gasteiger partial charge is 0.0150 e. The molecule has 0 bridgehead atoms. The summed E-state index contributed by atoms with van der Waals surface area (Å²) in [6.07, 6.45) is 30.8. The van der Waals surface area contributed by atoms with Crippen LogP contribution in [0.4, 0.5) is 0 Å². The average molecular weight is 391 g/mol. The molecule has 0 aromatic rings. The van der Waals surface area contributed by atoms with E-state index in [1.807, 2.05) is 0 Å². The molecule has 0 N–H and O–H groups in total. The van der Waals surface area contributed by atoms with Gasteiger partial charge in [-0.2, -0.15) is 0 Å². The van der Waals surface area contributed by atoms with Gasteiger partial charge in [0.1, 0.15) is 0 Å². The Hall–Kier alpha value is 0.460. The van der Waals surface area contributed by atoms with E-state index in [9.17, 15) is 0 Å². The second kappa shape index (κ2) is 24.5. The molecule has 0 aliphatic carbocycles. The van der Waals surface area contributed by atoms with Crippen LogP contribution < -0.4 is 0 Å². The predicted molar refractivity (Wildman–Crippen MR) is 124 cm³/mol. The Morgan fingerprint density at radius 1 is 0.520 bits per heavy atom. The van der Waals surface area contributed by atoms with Crippen molar-refractivity contribution in [2.45, 2.75) is 116 Å². The lowest BCUT2D eigenvalue weighted by Gasteiger charge is -2.03. The first-order valence-electron chi connectivity index (χ1n) is 11.1. The first kappa shape index (κ1) is 27.7. The normalized spacial score (nSPS) is 11.4. The van der Waals surface area contributed by atoms with Crippen LogP contribution in [0.15, 0.2) is 12.2 Å². The zero-order valence-corrected chi connectivity index (χ0v) is 19.4. The van der Waals surface area contributed by atoms with Crippen molar-refractivity contribution < 1.29 is 0 Å². The molecule has 0 fully saturated rings. The lowest BCUT2D eigenvalue weighted by molar-refractivity contribution is 0.530. The van der Waals surface area contributed by atoms with E-state index in [0.717, 1.165) is 0 Å². The molecule has 0 saturated carbocycles. The van der Waals surface area contributed by atoms with Crippen molar-refractivity contribution in [3.63, 3.8) is 0 Å². The molecule has 25 heavy (non-hydrogen) atoms. The van der Waals surface area contributed by atoms with Crippen molar-refractivity contribution >= 4 is 20.3 Å². The standard InChI is InChI=1S/C23H47P.ClH/c1-4-5-6-7-8-9-10-11-12-13-14-15-16-17-18-19-20-21-22-23-24(2)3;/h21-22H,4-20,23H2,1-3H3;1H. The van der Waals surface area contributed by atoms with E-state index in [1.165, 1.54) is 115 Å². The van der Waals surface area contributed by atoms with Gasteiger partial charge in [-0.15, -0.1) is 20.3 Å². The molecule has 0 saturated heterocycles. The molecule has 0 amide bonds. The van der Waals surface area contributed by atoms with Gasteiger partial charge < -0.3 is 0 Å². The molecular weight excluding hydrogens is 343 g/mol. The van der Waals surface area contributed by atoms with E-state index in [0.29, 0.717) is 0 Å². The molecule has 0 aromatic carbocycles. The van der Waals surface area contributed by atoms with E-state index in [1.54, 1.807) is 0 Å². The lowest BCUT2D eigenvalue weighted by Crippen LogP contribution is -1.83. The topological polar surface area (TPSA) is 0 Å². The van der Waals surface area contributed by atoms with Crippen LogP contribution in [0.1, 0.15) is 116 Å². The highest BCUT2D eigenvalue weighted by Gasteiger charge is 1.94. The summed E-state index contributed by atoms with van der Waals surface area (Å²) in [6.45, 7) is 7.01. The summed E-state index contributed by atoms with van der Waals surface area (Å²) in [6, 6.07) is 0. The summed E-state index contributed by atoms with van der Waals surface area (Å²) in [5.41, 5.74) is 0. The van der Waals surface area contributed by atoms with Gasteiger partial charge in [0.05, 0.1) is 0 Å². The van der Waals surface area contributed by atoms with Gasteiger partial charge in [-0.25, -0.2) is 0 Å². The van der Waals surface area contributed by atoms with Gasteiger partial charge in [0, 0.05) is 0 Å². The highest BCUT2D eigenvalue weighted by Crippen LogP contribution is 2.23. The van der Waals surface area contributed by atoms with Gasteiger partial charge in [0.25, 0.3) is 0 Å². The second-order valence-electron chi connectivity index (χ2n) is 7.83. The Morgan fingerprint density at radius 2 is 0.880 bits per heavy atom. The minimum Gasteiger partial charge on any atom is -0.147 e. The fourth-order valence-corrected chi connectivity index (χ4v) is 3.78. The number of halogens is 1. The minimum atomic E-state index is 0. The first-order chi connectivity index (χ1) is 11.8. The van der Waals surface area contributed by atoms with Crippen molar-refractivity contribution in [1.82, 2.24) is 0 Å². The van der Waals surface area contributed by atoms with Crippen LogP contribution in [-0.4, -0.2) is 19.5 Å². The third-order valence-electron chi connectivity index (χ3n) is 4.86. The van der Waals surface area contributed by atoms with E-state index < -0.39 is 0 Å². The van der Waals surface area contributed by atoms with E-state index >= 15 is 0 Å². The SMILES string of the molecule is CCCCCCCCCCCCCCCCCCC=CCP(C)C.Cl. The molecule has 0 aliphatic heterocycles. The highest BCUT2D eigenvalue weighted by molar-refractivity contribution is 7.56. The summed E-state index contributed by atoms with van der Waals surface area (Å²) in [5, 5.41) is 0. The minimum absolute atomic E-state index is 0. The Bertz CT molecular complexity index is 250. The Kier molecular flexibility index (Phi) is 27.1. The maximum absolute atomic E-state index is 2.41. The van der Waals surface area contributed by atoms with Crippen LogP contribution in [0.5, 0.6) is 0 Å². The molecule has 0 heterocycles. The van der Waals surface area contributed by atoms with Gasteiger partial charge in [0.2, 0.25) is 0 Å². The number of unbranched alkanes of at least 4 members (excludes halogenated alkanes) is 16. The molecule has 0 spiro atoms. The van der Waals surface area contributed by atoms with Crippen molar-refractivity contribution in [3.8, 4) is 0 Å². The highest BCUT2D eigenvalue weighted by atomic mass is 35.5. The molecule has 2 heteroatoms. The third kappa shape index (κ3) is 26.8. The first-order valence-corrected chi connectivity index (χ1v) is 13.5. The molecule has 0 aromatic heterocycles. The summed E-state index contributed by atoms with van der Waals surface area (Å²) in [4.78, 5) is 0. The largest absolute Gasteiger partial charge is 0.147 e. The summed E-state index contributed by atoms with van der Waals surface area (Å²) < 4.78 is 0. The van der Waals surface area contributed by atoms with Crippen LogP contribution in [0.3, 0.4) is 0 Å². The number of allylic oxidation sites excluding steroid dienone is 2. The fraction of sp³-hybridized carbons (Fsp3) is 0.913. The van der Waals surface area contributed by atoms with Crippen molar-refractivity contribution in [2.24, 2.45) is 0 Å². The third-order valence-corrected chi connectivity index (χ3v) is 5.80. The monoisotopic (exact) mass is 390 g/mol. The van der Waals surface area contributed by atoms with Gasteiger partial charge >= 0.3 is 0 Å². The van der Waals surface area contributed by atoms with E-state index in [-0.39, 0.29) is 20.3 Å². The molecule has 0 unspecified atom stereocenters. The van der Waals surface area contributed by atoms with E-state index in [4.69, 9.17) is 0 Å². The molecule has 152 valence electrons. The van der Waals surface area contributed by atoms with Crippen molar-refractivity contribution in [3.05, 3.63) is 12.2 Å². The molecule has 0 nitrogen and oxygen atoms in total. The van der Waals surface area contributed by atoms with Crippen LogP contribution >= 0.6 is 20.3 Å². The van der Waals surface area contributed by atoms with Crippen molar-refractivity contribution in [2.75, 3.05) is 19.5 Å². The summed E-state index contributed by atoms with van der Waals surface area (Å²) in [5.74, 6) is 0. The Labute approximate surface area is 168 Å².